The van der Waals surface area contributed by atoms with Gasteiger partial charge in [0.05, 0.1) is 0 Å². The van der Waals surface area contributed by atoms with Crippen molar-refractivity contribution in [1.82, 2.24) is 14.9 Å². The third kappa shape index (κ3) is 3.45. The zero-order chi connectivity index (χ0) is 18.9. The summed E-state index contributed by atoms with van der Waals surface area (Å²) in [7, 11) is 1.52. The van der Waals surface area contributed by atoms with E-state index < -0.39 is 22.8 Å². The van der Waals surface area contributed by atoms with Gasteiger partial charge < -0.3 is 19.7 Å². The van der Waals surface area contributed by atoms with Crippen molar-refractivity contribution in [3.63, 3.8) is 0 Å². The van der Waals surface area contributed by atoms with Gasteiger partial charge in [-0.3, -0.25) is 9.59 Å². The fraction of sp³-hybridized carbons (Fsp3) is 0.389. The fourth-order valence-corrected chi connectivity index (χ4v) is 2.95. The number of nitrogens with one attached hydrogen (secondary N) is 1. The van der Waals surface area contributed by atoms with E-state index in [0.29, 0.717) is 18.6 Å². The quantitative estimate of drug-likeness (QED) is 0.867. The Morgan fingerprint density at radius 3 is 2.73 bits per heavy atom. The van der Waals surface area contributed by atoms with Gasteiger partial charge in [0.15, 0.2) is 5.69 Å². The normalized spacial score (nSPS) is 19.5. The first kappa shape index (κ1) is 18.1. The van der Waals surface area contributed by atoms with Crippen molar-refractivity contribution in [2.24, 2.45) is 0 Å². The van der Waals surface area contributed by atoms with Crippen molar-refractivity contribution < 1.29 is 19.0 Å². The molecule has 1 amide bonds. The third-order valence-corrected chi connectivity index (χ3v) is 4.50. The van der Waals surface area contributed by atoms with Crippen LogP contribution in [0.25, 0.3) is 0 Å². The van der Waals surface area contributed by atoms with Gasteiger partial charge in [0.2, 0.25) is 5.75 Å². The summed E-state index contributed by atoms with van der Waals surface area (Å²) in [4.78, 5) is 32.7. The number of nitrogens with zero attached hydrogens (tertiary/aromatic N) is 2. The largest absolute Gasteiger partial charge is 0.501 e. The van der Waals surface area contributed by atoms with Crippen LogP contribution in [-0.2, 0) is 16.9 Å². The summed E-state index contributed by atoms with van der Waals surface area (Å²) in [5, 5.41) is 10.0. The average molecular weight is 361 g/mol. The maximum absolute atomic E-state index is 13.0. The number of aromatic amines is 1. The number of carbonyl (C=O) groups is 1. The summed E-state index contributed by atoms with van der Waals surface area (Å²) < 4.78 is 18.6. The van der Waals surface area contributed by atoms with E-state index in [0.717, 1.165) is 6.42 Å². The van der Waals surface area contributed by atoms with Gasteiger partial charge in [-0.25, -0.2) is 9.37 Å². The molecule has 138 valence electrons. The van der Waals surface area contributed by atoms with E-state index in [2.05, 4.69) is 9.97 Å². The third-order valence-electron chi connectivity index (χ3n) is 4.50. The van der Waals surface area contributed by atoms with Crippen LogP contribution in [0.4, 0.5) is 4.39 Å². The minimum Gasteiger partial charge on any atom is -0.501 e. The minimum atomic E-state index is -0.794. The Labute approximate surface area is 149 Å². The zero-order valence-corrected chi connectivity index (χ0v) is 14.6. The van der Waals surface area contributed by atoms with Gasteiger partial charge in [-0.05, 0) is 37.5 Å². The number of halogens is 1. The lowest BCUT2D eigenvalue weighted by molar-refractivity contribution is 0.00880. The minimum absolute atomic E-state index is 0.177. The number of rotatable bonds is 4. The van der Waals surface area contributed by atoms with Gasteiger partial charge in [-0.1, -0.05) is 12.1 Å². The highest BCUT2D eigenvalue weighted by atomic mass is 19.1. The van der Waals surface area contributed by atoms with E-state index in [9.17, 15) is 19.1 Å². The lowest BCUT2D eigenvalue weighted by Gasteiger charge is -2.23. The number of amides is 1. The molecule has 1 aromatic heterocycles. The van der Waals surface area contributed by atoms with Crippen LogP contribution >= 0.6 is 0 Å². The van der Waals surface area contributed by atoms with E-state index in [-0.39, 0.29) is 23.9 Å². The summed E-state index contributed by atoms with van der Waals surface area (Å²) >= 11 is 0. The standard InChI is InChI=1S/C18H20FN3O4/c1-18(8-3-9-26-18)17-20-13(14(23)15(24)21-17)16(25)22(2)10-11-4-6-12(19)7-5-11/h4-7,23H,3,8-10H2,1-2H3,(H,20,21,24). The van der Waals surface area contributed by atoms with Crippen LogP contribution in [0.15, 0.2) is 29.1 Å². The van der Waals surface area contributed by atoms with E-state index in [1.165, 1.54) is 24.1 Å². The van der Waals surface area contributed by atoms with Crippen molar-refractivity contribution in [1.29, 1.82) is 0 Å². The van der Waals surface area contributed by atoms with E-state index in [4.69, 9.17) is 4.74 Å². The molecule has 2 aromatic rings. The summed E-state index contributed by atoms with van der Waals surface area (Å²) in [5.41, 5.74) is -1.20. The number of hydrogen-bond acceptors (Lipinski definition) is 5. The lowest BCUT2D eigenvalue weighted by atomic mass is 10.0. The Bertz CT molecular complexity index is 873. The fourth-order valence-electron chi connectivity index (χ4n) is 2.95. The zero-order valence-electron chi connectivity index (χ0n) is 14.6. The van der Waals surface area contributed by atoms with E-state index in [1.54, 1.807) is 19.1 Å². The second-order valence-corrected chi connectivity index (χ2v) is 6.58. The smallest absolute Gasteiger partial charge is 0.294 e. The van der Waals surface area contributed by atoms with Crippen LogP contribution in [0.5, 0.6) is 5.75 Å². The van der Waals surface area contributed by atoms with Gasteiger partial charge >= 0.3 is 0 Å². The van der Waals surface area contributed by atoms with Crippen molar-refractivity contribution >= 4 is 5.91 Å². The van der Waals surface area contributed by atoms with Crippen LogP contribution in [0.3, 0.4) is 0 Å². The maximum Gasteiger partial charge on any atom is 0.294 e. The van der Waals surface area contributed by atoms with Crippen molar-refractivity contribution in [3.8, 4) is 5.75 Å². The summed E-state index contributed by atoms with van der Waals surface area (Å²) in [5.74, 6) is -1.49. The molecule has 1 fully saturated rings. The highest BCUT2D eigenvalue weighted by molar-refractivity contribution is 5.94. The second-order valence-electron chi connectivity index (χ2n) is 6.58. The molecular formula is C18H20FN3O4. The van der Waals surface area contributed by atoms with Crippen LogP contribution in [0, 0.1) is 5.82 Å². The van der Waals surface area contributed by atoms with Crippen molar-refractivity contribution in [3.05, 3.63) is 57.5 Å². The Hall–Kier alpha value is -2.74. The summed E-state index contributed by atoms with van der Waals surface area (Å²) in [6, 6.07) is 5.71. The first-order chi connectivity index (χ1) is 12.3. The molecule has 0 aliphatic carbocycles. The molecule has 1 aromatic carbocycles. The summed E-state index contributed by atoms with van der Waals surface area (Å²) in [6.07, 6.45) is 1.47. The molecule has 2 N–H and O–H groups in total. The lowest BCUT2D eigenvalue weighted by Crippen LogP contribution is -2.32. The predicted molar refractivity (Wildman–Crippen MR) is 91.3 cm³/mol. The molecule has 0 spiro atoms. The number of H-pyrrole nitrogens is 1. The number of carbonyl (C=O) groups excluding carboxylic acids is 1. The van der Waals surface area contributed by atoms with Gasteiger partial charge in [0.1, 0.15) is 17.2 Å². The molecule has 0 saturated carbocycles. The Balaban J connectivity index is 1.89. The first-order valence-corrected chi connectivity index (χ1v) is 8.28. The molecule has 7 nitrogen and oxygen atoms in total. The van der Waals surface area contributed by atoms with Crippen LogP contribution < -0.4 is 5.56 Å². The van der Waals surface area contributed by atoms with Crippen molar-refractivity contribution in [2.45, 2.75) is 31.9 Å². The Kier molecular flexibility index (Phi) is 4.78. The molecule has 26 heavy (non-hydrogen) atoms. The number of ether oxygens (including phenoxy) is 1. The monoisotopic (exact) mass is 361 g/mol. The molecule has 2 heterocycles. The molecular weight excluding hydrogens is 341 g/mol. The molecule has 0 radical (unpaired) electrons. The van der Waals surface area contributed by atoms with Gasteiger partial charge in [0, 0.05) is 20.2 Å². The maximum atomic E-state index is 13.0. The Morgan fingerprint density at radius 2 is 2.12 bits per heavy atom. The van der Waals surface area contributed by atoms with Gasteiger partial charge in [-0.15, -0.1) is 0 Å². The highest BCUT2D eigenvalue weighted by Gasteiger charge is 2.36. The number of aromatic nitrogens is 2. The van der Waals surface area contributed by atoms with Gasteiger partial charge in [-0.2, -0.15) is 0 Å². The second kappa shape index (κ2) is 6.87. The predicted octanol–water partition coefficient (Wildman–Crippen LogP) is 1.91. The Morgan fingerprint density at radius 1 is 1.42 bits per heavy atom. The number of benzene rings is 1. The van der Waals surface area contributed by atoms with Crippen LogP contribution in [-0.4, -0.2) is 39.5 Å². The molecule has 1 aliphatic heterocycles. The molecule has 1 saturated heterocycles. The molecule has 8 heteroatoms. The molecule has 1 aliphatic rings. The molecule has 1 unspecified atom stereocenters. The molecule has 0 bridgehead atoms. The summed E-state index contributed by atoms with van der Waals surface area (Å²) in [6.45, 7) is 2.50. The number of aromatic hydroxyl groups is 1. The molecule has 3 rings (SSSR count). The van der Waals surface area contributed by atoms with E-state index >= 15 is 0 Å². The first-order valence-electron chi connectivity index (χ1n) is 8.28. The van der Waals surface area contributed by atoms with E-state index in [1.807, 2.05) is 0 Å². The SMILES string of the molecule is CN(Cc1ccc(F)cc1)C(=O)c1nc(C2(C)CCCO2)[nH]c(=O)c1O. The molecule has 1 atom stereocenters. The van der Waals surface area contributed by atoms with Gasteiger partial charge in [0.25, 0.3) is 11.5 Å². The van der Waals surface area contributed by atoms with Crippen molar-refractivity contribution in [2.75, 3.05) is 13.7 Å². The number of hydrogen-bond donors (Lipinski definition) is 2. The van der Waals surface area contributed by atoms with Crippen LogP contribution in [0.2, 0.25) is 0 Å². The topological polar surface area (TPSA) is 95.5 Å². The van der Waals surface area contributed by atoms with Crippen LogP contribution in [0.1, 0.15) is 41.6 Å². The highest BCUT2D eigenvalue weighted by Crippen LogP contribution is 2.33. The average Bonchev–Trinajstić information content (AvgIpc) is 3.06.